The van der Waals surface area contributed by atoms with Crippen LogP contribution in [0.5, 0.6) is 0 Å². The van der Waals surface area contributed by atoms with E-state index >= 15 is 0 Å². The largest absolute Gasteiger partial charge is 0.394 e. The number of anilines is 1. The van der Waals surface area contributed by atoms with Crippen LogP contribution in [-0.4, -0.2) is 44.2 Å². The lowest BCUT2D eigenvalue weighted by atomic mass is 9.81. The third-order valence-electron chi connectivity index (χ3n) is 3.73. The van der Waals surface area contributed by atoms with Gasteiger partial charge in [0.05, 0.1) is 6.61 Å². The normalized spacial score (nSPS) is 38.6. The Morgan fingerprint density at radius 3 is 2.74 bits per heavy atom. The number of H-pyrrole nitrogens is 1. The van der Waals surface area contributed by atoms with Crippen LogP contribution in [0.4, 0.5) is 10.2 Å². The fraction of sp³-hybridized carbons (Fsp3) is 0.636. The molecule has 106 valence electrons. The van der Waals surface area contributed by atoms with Crippen LogP contribution < -0.4 is 11.4 Å². The van der Waals surface area contributed by atoms with E-state index in [9.17, 15) is 14.3 Å². The summed E-state index contributed by atoms with van der Waals surface area (Å²) >= 11 is 0. The maximum absolute atomic E-state index is 14.8. The van der Waals surface area contributed by atoms with E-state index < -0.39 is 35.8 Å². The van der Waals surface area contributed by atoms with Gasteiger partial charge < -0.3 is 25.7 Å². The zero-order valence-corrected chi connectivity index (χ0v) is 10.6. The van der Waals surface area contributed by atoms with Crippen molar-refractivity contribution in [1.29, 1.82) is 0 Å². The molecule has 4 atom stereocenters. The number of alkyl halides is 1. The molecule has 5 N–H and O–H groups in total. The van der Waals surface area contributed by atoms with Gasteiger partial charge in [0.1, 0.15) is 23.6 Å². The molecule has 0 amide bonds. The standard InChI is InChI=1S/C11H16FN3O4/c1-10(12)7(19-6(4-16)11(10,2)18)5-3-14-9(17)15-8(5)13/h3,6-7,16,18H,4H2,1-2H3,(H3,13,14,15,17)/t6-,7+,10+,11+/m0/s1. The molecule has 8 heteroatoms. The fourth-order valence-corrected chi connectivity index (χ4v) is 2.22. The quantitative estimate of drug-likeness (QED) is 0.563. The number of hydrogen-bond donors (Lipinski definition) is 4. The zero-order valence-electron chi connectivity index (χ0n) is 10.6. The Balaban J connectivity index is 2.49. The fourth-order valence-electron chi connectivity index (χ4n) is 2.22. The number of aliphatic hydroxyl groups excluding tert-OH is 1. The van der Waals surface area contributed by atoms with Gasteiger partial charge in [-0.15, -0.1) is 0 Å². The molecule has 1 aliphatic heterocycles. The molecule has 7 nitrogen and oxygen atoms in total. The van der Waals surface area contributed by atoms with Gasteiger partial charge in [-0.2, -0.15) is 4.98 Å². The summed E-state index contributed by atoms with van der Waals surface area (Å²) in [7, 11) is 0. The second kappa shape index (κ2) is 4.26. The molecule has 2 rings (SSSR count). The van der Waals surface area contributed by atoms with Crippen LogP contribution in [-0.2, 0) is 4.74 Å². The minimum Gasteiger partial charge on any atom is -0.394 e. The molecule has 19 heavy (non-hydrogen) atoms. The number of rotatable bonds is 2. The first-order valence-corrected chi connectivity index (χ1v) is 5.74. The Morgan fingerprint density at radius 2 is 2.26 bits per heavy atom. The maximum Gasteiger partial charge on any atom is 0.346 e. The average Bonchev–Trinajstić information content (AvgIpc) is 2.47. The molecule has 0 radical (unpaired) electrons. The van der Waals surface area contributed by atoms with E-state index in [0.717, 1.165) is 6.92 Å². The lowest BCUT2D eigenvalue weighted by Crippen LogP contribution is -2.51. The van der Waals surface area contributed by atoms with Gasteiger partial charge in [0, 0.05) is 11.8 Å². The van der Waals surface area contributed by atoms with E-state index in [4.69, 9.17) is 15.6 Å². The molecule has 0 aliphatic carbocycles. The van der Waals surface area contributed by atoms with Gasteiger partial charge in [0.15, 0.2) is 5.67 Å². The van der Waals surface area contributed by atoms with Crippen LogP contribution in [0.2, 0.25) is 0 Å². The Kier molecular flexibility index (Phi) is 3.12. The van der Waals surface area contributed by atoms with Crippen molar-refractivity contribution in [3.8, 4) is 0 Å². The van der Waals surface area contributed by atoms with Crippen molar-refractivity contribution in [3.63, 3.8) is 0 Å². The lowest BCUT2D eigenvalue weighted by molar-refractivity contribution is -0.0889. The molecule has 1 aromatic rings. The Hall–Kier alpha value is -1.51. The molecule has 0 saturated carbocycles. The van der Waals surface area contributed by atoms with Crippen molar-refractivity contribution in [2.24, 2.45) is 0 Å². The van der Waals surface area contributed by atoms with E-state index in [0.29, 0.717) is 0 Å². The van der Waals surface area contributed by atoms with E-state index in [1.165, 1.54) is 13.1 Å². The highest BCUT2D eigenvalue weighted by Crippen LogP contribution is 2.50. The number of nitrogens with zero attached hydrogens (tertiary/aromatic N) is 1. The number of hydrogen-bond acceptors (Lipinski definition) is 6. The summed E-state index contributed by atoms with van der Waals surface area (Å²) in [5.41, 5.74) is 0.946. The van der Waals surface area contributed by atoms with Crippen LogP contribution in [0, 0.1) is 0 Å². The summed E-state index contributed by atoms with van der Waals surface area (Å²) in [5, 5.41) is 19.3. The number of aromatic nitrogens is 2. The van der Waals surface area contributed by atoms with Crippen molar-refractivity contribution in [2.45, 2.75) is 37.3 Å². The van der Waals surface area contributed by atoms with Crippen molar-refractivity contribution in [3.05, 3.63) is 22.2 Å². The van der Waals surface area contributed by atoms with Gasteiger partial charge in [-0.25, -0.2) is 9.18 Å². The predicted octanol–water partition coefficient (Wildman–Crippen LogP) is -0.737. The molecule has 0 aromatic carbocycles. The monoisotopic (exact) mass is 273 g/mol. The highest BCUT2D eigenvalue weighted by Gasteiger charge is 2.62. The second-order valence-electron chi connectivity index (χ2n) is 4.96. The minimum absolute atomic E-state index is 0.126. The molecule has 1 aliphatic rings. The SMILES string of the molecule is C[C@@]1(O)[C@H](CO)O[C@H](c2c[nH]c(=O)nc2N)[C@@]1(C)F. The molecular formula is C11H16FN3O4. The summed E-state index contributed by atoms with van der Waals surface area (Å²) < 4.78 is 20.1. The van der Waals surface area contributed by atoms with Gasteiger partial charge in [-0.05, 0) is 13.8 Å². The molecular weight excluding hydrogens is 257 g/mol. The number of nitrogens with one attached hydrogen (secondary N) is 1. The zero-order chi connectivity index (χ0) is 14.4. The minimum atomic E-state index is -2.20. The smallest absolute Gasteiger partial charge is 0.346 e. The summed E-state index contributed by atoms with van der Waals surface area (Å²) in [6.45, 7) is 1.85. The van der Waals surface area contributed by atoms with Crippen LogP contribution >= 0.6 is 0 Å². The van der Waals surface area contributed by atoms with Gasteiger partial charge >= 0.3 is 5.69 Å². The molecule has 0 unspecified atom stereocenters. The summed E-state index contributed by atoms with van der Waals surface area (Å²) in [6, 6.07) is 0. The average molecular weight is 273 g/mol. The number of aliphatic hydroxyl groups is 2. The van der Waals surface area contributed by atoms with Crippen molar-refractivity contribution < 1.29 is 19.3 Å². The first-order valence-electron chi connectivity index (χ1n) is 5.74. The molecule has 1 saturated heterocycles. The lowest BCUT2D eigenvalue weighted by Gasteiger charge is -2.32. The third kappa shape index (κ3) is 1.92. The number of aromatic amines is 1. The predicted molar refractivity (Wildman–Crippen MR) is 64.1 cm³/mol. The van der Waals surface area contributed by atoms with Crippen molar-refractivity contribution in [2.75, 3.05) is 12.3 Å². The Bertz CT molecular complexity index is 543. The Labute approximate surface area is 108 Å². The Morgan fingerprint density at radius 1 is 1.63 bits per heavy atom. The van der Waals surface area contributed by atoms with Gasteiger partial charge in [0.2, 0.25) is 0 Å². The number of nitrogens with two attached hydrogens (primary N) is 1. The van der Waals surface area contributed by atoms with Crippen LogP contribution in [0.25, 0.3) is 0 Å². The summed E-state index contributed by atoms with van der Waals surface area (Å²) in [4.78, 5) is 16.7. The first kappa shape index (κ1) is 13.9. The summed E-state index contributed by atoms with van der Waals surface area (Å²) in [5.74, 6) is -0.174. The molecule has 1 aromatic heterocycles. The van der Waals surface area contributed by atoms with Crippen LogP contribution in [0.1, 0.15) is 25.5 Å². The molecule has 2 heterocycles. The second-order valence-corrected chi connectivity index (χ2v) is 4.96. The van der Waals surface area contributed by atoms with Gasteiger partial charge in [-0.1, -0.05) is 0 Å². The van der Waals surface area contributed by atoms with E-state index in [2.05, 4.69) is 9.97 Å². The molecule has 1 fully saturated rings. The van der Waals surface area contributed by atoms with Crippen LogP contribution in [0.3, 0.4) is 0 Å². The summed E-state index contributed by atoms with van der Waals surface area (Å²) in [6.07, 6.45) is -1.13. The topological polar surface area (TPSA) is 121 Å². The van der Waals surface area contributed by atoms with Crippen LogP contribution in [0.15, 0.2) is 11.0 Å². The van der Waals surface area contributed by atoms with E-state index in [1.807, 2.05) is 0 Å². The maximum atomic E-state index is 14.8. The van der Waals surface area contributed by atoms with Crippen molar-refractivity contribution >= 4 is 5.82 Å². The highest BCUT2D eigenvalue weighted by atomic mass is 19.1. The number of halogens is 1. The third-order valence-corrected chi connectivity index (χ3v) is 3.73. The highest BCUT2D eigenvalue weighted by molar-refractivity contribution is 5.41. The molecule has 0 spiro atoms. The van der Waals surface area contributed by atoms with E-state index in [-0.39, 0.29) is 11.4 Å². The number of ether oxygens (including phenoxy) is 1. The van der Waals surface area contributed by atoms with Gasteiger partial charge in [-0.3, -0.25) is 0 Å². The van der Waals surface area contributed by atoms with Gasteiger partial charge in [0.25, 0.3) is 0 Å². The number of nitrogen functional groups attached to an aromatic ring is 1. The molecule has 0 bridgehead atoms. The first-order chi connectivity index (χ1) is 8.71. The van der Waals surface area contributed by atoms with E-state index in [1.54, 1.807) is 0 Å². The van der Waals surface area contributed by atoms with Crippen molar-refractivity contribution in [1.82, 2.24) is 9.97 Å².